The van der Waals surface area contributed by atoms with E-state index in [1.54, 1.807) is 6.07 Å². The summed E-state index contributed by atoms with van der Waals surface area (Å²) in [4.78, 5) is 25.0. The Morgan fingerprint density at radius 3 is 2.79 bits per heavy atom. The van der Waals surface area contributed by atoms with E-state index in [1.807, 2.05) is 0 Å². The van der Waals surface area contributed by atoms with Gasteiger partial charge in [-0.1, -0.05) is 18.5 Å². The molecule has 1 aliphatic rings. The Morgan fingerprint density at radius 1 is 1.31 bits per heavy atom. The minimum atomic E-state index is -3.79. The SMILES string of the molecule is CC(CS(=O)(=O)c1ccc2c(c1)NC(=O)CCS2)C(=O)Nc1ccc(F)cc1Cl. The average Bonchev–Trinajstić information content (AvgIpc) is 2.83. The number of amides is 2. The van der Waals surface area contributed by atoms with Crippen LogP contribution in [0.4, 0.5) is 15.8 Å². The standard InChI is InChI=1S/C19H18ClFN2O4S2/c1-11(19(25)23-15-4-2-12(21)8-14(15)20)10-29(26,27)13-3-5-17-16(9-13)22-18(24)6-7-28-17/h2-5,8-9,11H,6-7,10H2,1H3,(H,22,24)(H,23,25). The third-order valence-corrected chi connectivity index (χ3v) is 7.58. The van der Waals surface area contributed by atoms with Gasteiger partial charge in [-0.3, -0.25) is 9.59 Å². The Bertz CT molecular complexity index is 1080. The zero-order chi connectivity index (χ0) is 21.2. The van der Waals surface area contributed by atoms with Crippen molar-refractivity contribution in [2.45, 2.75) is 23.1 Å². The maximum Gasteiger partial charge on any atom is 0.228 e. The van der Waals surface area contributed by atoms with Gasteiger partial charge >= 0.3 is 0 Å². The number of benzene rings is 2. The number of carbonyl (C=O) groups excluding carboxylic acids is 2. The van der Waals surface area contributed by atoms with E-state index in [4.69, 9.17) is 11.6 Å². The minimum Gasteiger partial charge on any atom is -0.325 e. The van der Waals surface area contributed by atoms with Gasteiger partial charge in [0.2, 0.25) is 11.8 Å². The van der Waals surface area contributed by atoms with Crippen LogP contribution in [0.25, 0.3) is 0 Å². The number of fused-ring (bicyclic) bond motifs is 1. The highest BCUT2D eigenvalue weighted by atomic mass is 35.5. The highest BCUT2D eigenvalue weighted by Crippen LogP contribution is 2.33. The molecule has 6 nitrogen and oxygen atoms in total. The Kier molecular flexibility index (Phi) is 6.50. The average molecular weight is 457 g/mol. The van der Waals surface area contributed by atoms with Crippen LogP contribution in [0.1, 0.15) is 13.3 Å². The molecule has 1 atom stereocenters. The lowest BCUT2D eigenvalue weighted by Gasteiger charge is -2.15. The van der Waals surface area contributed by atoms with Crippen LogP contribution in [0.15, 0.2) is 46.2 Å². The zero-order valence-corrected chi connectivity index (χ0v) is 17.8. The number of sulfone groups is 1. The number of anilines is 2. The first-order valence-electron chi connectivity index (χ1n) is 8.71. The van der Waals surface area contributed by atoms with Gasteiger partial charge in [0.25, 0.3) is 0 Å². The van der Waals surface area contributed by atoms with E-state index in [-0.39, 0.29) is 21.5 Å². The summed E-state index contributed by atoms with van der Waals surface area (Å²) in [6.45, 7) is 1.48. The van der Waals surface area contributed by atoms with Gasteiger partial charge in [0.15, 0.2) is 9.84 Å². The van der Waals surface area contributed by atoms with E-state index in [2.05, 4.69) is 10.6 Å². The van der Waals surface area contributed by atoms with Gasteiger partial charge in [-0.05, 0) is 36.4 Å². The highest BCUT2D eigenvalue weighted by Gasteiger charge is 2.25. The molecule has 29 heavy (non-hydrogen) atoms. The lowest BCUT2D eigenvalue weighted by atomic mass is 10.2. The predicted molar refractivity (Wildman–Crippen MR) is 112 cm³/mol. The van der Waals surface area contributed by atoms with Crippen molar-refractivity contribution >= 4 is 56.4 Å². The van der Waals surface area contributed by atoms with Gasteiger partial charge in [-0.25, -0.2) is 12.8 Å². The second-order valence-corrected chi connectivity index (χ2v) is 10.2. The maximum absolute atomic E-state index is 13.1. The fourth-order valence-corrected chi connectivity index (χ4v) is 5.47. The van der Waals surface area contributed by atoms with Crippen molar-refractivity contribution in [3.8, 4) is 0 Å². The van der Waals surface area contributed by atoms with E-state index in [0.29, 0.717) is 17.9 Å². The van der Waals surface area contributed by atoms with E-state index in [0.717, 1.165) is 17.0 Å². The highest BCUT2D eigenvalue weighted by molar-refractivity contribution is 7.99. The van der Waals surface area contributed by atoms with E-state index >= 15 is 0 Å². The third-order valence-electron chi connectivity index (χ3n) is 4.28. The molecule has 0 aliphatic carbocycles. The number of hydrogen-bond acceptors (Lipinski definition) is 5. The van der Waals surface area contributed by atoms with Crippen LogP contribution in [0.3, 0.4) is 0 Å². The number of rotatable bonds is 5. The Balaban J connectivity index is 1.74. The molecule has 2 amide bonds. The van der Waals surface area contributed by atoms with Crippen LogP contribution >= 0.6 is 23.4 Å². The van der Waals surface area contributed by atoms with E-state index in [9.17, 15) is 22.4 Å². The van der Waals surface area contributed by atoms with Gasteiger partial charge in [-0.2, -0.15) is 0 Å². The van der Waals surface area contributed by atoms with Gasteiger partial charge in [0.1, 0.15) is 5.82 Å². The molecule has 0 aromatic heterocycles. The first-order valence-corrected chi connectivity index (χ1v) is 11.7. The second-order valence-electron chi connectivity index (χ2n) is 6.60. The fourth-order valence-electron chi connectivity index (χ4n) is 2.74. The number of nitrogens with one attached hydrogen (secondary N) is 2. The van der Waals surface area contributed by atoms with Gasteiger partial charge in [-0.15, -0.1) is 11.8 Å². The summed E-state index contributed by atoms with van der Waals surface area (Å²) in [5, 5.41) is 5.24. The fraction of sp³-hybridized carbons (Fsp3) is 0.263. The van der Waals surface area contributed by atoms with E-state index in [1.165, 1.54) is 36.9 Å². The summed E-state index contributed by atoms with van der Waals surface area (Å²) in [6.07, 6.45) is 0.352. The minimum absolute atomic E-state index is 0.0207. The maximum atomic E-state index is 13.1. The molecule has 0 saturated heterocycles. The quantitative estimate of drug-likeness (QED) is 0.710. The smallest absolute Gasteiger partial charge is 0.228 e. The largest absolute Gasteiger partial charge is 0.325 e. The topological polar surface area (TPSA) is 92.3 Å². The third kappa shape index (κ3) is 5.29. The summed E-state index contributed by atoms with van der Waals surface area (Å²) in [7, 11) is -3.79. The molecule has 0 bridgehead atoms. The summed E-state index contributed by atoms with van der Waals surface area (Å²) >= 11 is 7.36. The van der Waals surface area contributed by atoms with Crippen molar-refractivity contribution in [2.24, 2.45) is 5.92 Å². The van der Waals surface area contributed by atoms with Crippen molar-refractivity contribution in [3.63, 3.8) is 0 Å². The number of halogens is 2. The first-order chi connectivity index (χ1) is 13.7. The van der Waals surface area contributed by atoms with Crippen molar-refractivity contribution in [2.75, 3.05) is 22.1 Å². The van der Waals surface area contributed by atoms with Crippen molar-refractivity contribution in [1.29, 1.82) is 0 Å². The number of carbonyl (C=O) groups is 2. The molecule has 3 rings (SSSR count). The molecule has 0 fully saturated rings. The molecule has 10 heteroatoms. The summed E-state index contributed by atoms with van der Waals surface area (Å²) < 4.78 is 38.7. The van der Waals surface area contributed by atoms with Crippen LogP contribution in [0.2, 0.25) is 5.02 Å². The monoisotopic (exact) mass is 456 g/mol. The summed E-state index contributed by atoms with van der Waals surface area (Å²) in [5.41, 5.74) is 0.654. The van der Waals surface area contributed by atoms with Crippen molar-refractivity contribution in [1.82, 2.24) is 0 Å². The molecule has 2 aromatic rings. The molecular formula is C19H18ClFN2O4S2. The van der Waals surface area contributed by atoms with Crippen LogP contribution in [0, 0.1) is 11.7 Å². The van der Waals surface area contributed by atoms with Crippen LogP contribution in [-0.2, 0) is 19.4 Å². The molecule has 0 radical (unpaired) electrons. The van der Waals surface area contributed by atoms with E-state index < -0.39 is 33.2 Å². The Hall–Kier alpha value is -2.10. The molecule has 154 valence electrons. The molecular weight excluding hydrogens is 439 g/mol. The summed E-state index contributed by atoms with van der Waals surface area (Å²) in [5.74, 6) is -1.97. The molecule has 2 aromatic carbocycles. The molecule has 1 unspecified atom stereocenters. The molecule has 0 saturated carbocycles. The van der Waals surface area contributed by atoms with Gasteiger partial charge in [0, 0.05) is 23.0 Å². The predicted octanol–water partition coefficient (Wildman–Crippen LogP) is 3.96. The first kappa shape index (κ1) is 21.6. The van der Waals surface area contributed by atoms with Gasteiger partial charge in [0.05, 0.1) is 27.0 Å². The number of thioether (sulfide) groups is 1. The summed E-state index contributed by atoms with van der Waals surface area (Å²) in [6, 6.07) is 8.05. The Labute approximate surface area is 177 Å². The lowest BCUT2D eigenvalue weighted by molar-refractivity contribution is -0.119. The normalized spacial score (nSPS) is 15.1. The van der Waals surface area contributed by atoms with Crippen LogP contribution in [-0.4, -0.2) is 31.7 Å². The van der Waals surface area contributed by atoms with Gasteiger partial charge < -0.3 is 10.6 Å². The van der Waals surface area contributed by atoms with Crippen LogP contribution in [0.5, 0.6) is 0 Å². The molecule has 0 spiro atoms. The van der Waals surface area contributed by atoms with Crippen molar-refractivity contribution in [3.05, 3.63) is 47.2 Å². The molecule has 2 N–H and O–H groups in total. The molecule has 1 aliphatic heterocycles. The van der Waals surface area contributed by atoms with Crippen molar-refractivity contribution < 1.29 is 22.4 Å². The number of hydrogen-bond donors (Lipinski definition) is 2. The lowest BCUT2D eigenvalue weighted by Crippen LogP contribution is -2.27. The van der Waals surface area contributed by atoms with Crippen LogP contribution < -0.4 is 10.6 Å². The zero-order valence-electron chi connectivity index (χ0n) is 15.4. The Morgan fingerprint density at radius 2 is 2.07 bits per heavy atom. The molecule has 1 heterocycles. The second kappa shape index (κ2) is 8.73.